The second-order valence-corrected chi connectivity index (χ2v) is 7.69. The van der Waals surface area contributed by atoms with Crippen LogP contribution in [0.4, 0.5) is 29.1 Å². The molecule has 3 aromatic rings. The molecule has 0 aliphatic carbocycles. The quantitative estimate of drug-likeness (QED) is 0.301. The Morgan fingerprint density at radius 2 is 1.96 bits per heavy atom. The van der Waals surface area contributed by atoms with Gasteiger partial charge in [0.15, 0.2) is 0 Å². The Kier molecular flexibility index (Phi) is 7.03. The Labute approximate surface area is 172 Å². The van der Waals surface area contributed by atoms with E-state index in [9.17, 15) is 17.6 Å². The van der Waals surface area contributed by atoms with Gasteiger partial charge in [-0.1, -0.05) is 23.7 Å². The van der Waals surface area contributed by atoms with Gasteiger partial charge >= 0.3 is 0 Å². The highest BCUT2D eigenvalue weighted by Gasteiger charge is 2.12. The monoisotopic (exact) mass is 447 g/mol. The molecular weight excluding hydrogens is 434 g/mol. The molecule has 0 saturated carbocycles. The molecule has 0 saturated heterocycles. The van der Waals surface area contributed by atoms with Gasteiger partial charge in [-0.25, -0.2) is 22.5 Å². The standard InChI is InChI=1S/C18H14ClF4N3S2/c19-12-5-16(28-26-18-8-27-9-25-18)14(21)6-15(12)24-7-11-3-10(4-17(22)23)1-2-13(11)20/h1-3,5-6,8-9,17,24,26H,4,7H2. The Morgan fingerprint density at radius 1 is 1.14 bits per heavy atom. The van der Waals surface area contributed by atoms with Crippen molar-refractivity contribution in [3.63, 3.8) is 0 Å². The van der Waals surface area contributed by atoms with Gasteiger partial charge in [-0.3, -0.25) is 0 Å². The first kappa shape index (κ1) is 20.8. The summed E-state index contributed by atoms with van der Waals surface area (Å²) in [5.41, 5.74) is 2.44. The molecule has 28 heavy (non-hydrogen) atoms. The van der Waals surface area contributed by atoms with Crippen molar-refractivity contribution in [2.75, 3.05) is 10.0 Å². The van der Waals surface area contributed by atoms with Crippen LogP contribution in [0.3, 0.4) is 0 Å². The molecule has 3 rings (SSSR count). The minimum Gasteiger partial charge on any atom is -0.380 e. The number of nitrogens with zero attached hydrogens (tertiary/aromatic N) is 1. The van der Waals surface area contributed by atoms with E-state index in [-0.39, 0.29) is 27.7 Å². The molecule has 2 aromatic carbocycles. The summed E-state index contributed by atoms with van der Waals surface area (Å²) in [6, 6.07) is 6.46. The molecule has 148 valence electrons. The number of nitrogens with one attached hydrogen (secondary N) is 2. The van der Waals surface area contributed by atoms with Crippen molar-refractivity contribution in [1.82, 2.24) is 4.98 Å². The molecule has 0 spiro atoms. The van der Waals surface area contributed by atoms with E-state index >= 15 is 0 Å². The lowest BCUT2D eigenvalue weighted by molar-refractivity contribution is 0.149. The average Bonchev–Trinajstić information content (AvgIpc) is 3.16. The zero-order chi connectivity index (χ0) is 20.1. The highest BCUT2D eigenvalue weighted by atomic mass is 35.5. The van der Waals surface area contributed by atoms with E-state index in [0.717, 1.165) is 18.0 Å². The number of halogens is 5. The van der Waals surface area contributed by atoms with E-state index in [1.54, 1.807) is 10.9 Å². The lowest BCUT2D eigenvalue weighted by atomic mass is 10.1. The average molecular weight is 448 g/mol. The van der Waals surface area contributed by atoms with Crippen LogP contribution < -0.4 is 10.0 Å². The summed E-state index contributed by atoms with van der Waals surface area (Å²) in [5, 5.41) is 4.87. The summed E-state index contributed by atoms with van der Waals surface area (Å²) in [4.78, 5) is 4.31. The number of alkyl halides is 2. The summed E-state index contributed by atoms with van der Waals surface area (Å²) < 4.78 is 56.2. The third-order valence-corrected chi connectivity index (χ3v) is 5.43. The van der Waals surface area contributed by atoms with Gasteiger partial charge in [0.2, 0.25) is 6.43 Å². The summed E-state index contributed by atoms with van der Waals surface area (Å²) in [6.07, 6.45) is -2.97. The van der Waals surface area contributed by atoms with Crippen molar-refractivity contribution in [2.45, 2.75) is 24.3 Å². The fraction of sp³-hybridized carbons (Fsp3) is 0.167. The van der Waals surface area contributed by atoms with Gasteiger partial charge in [-0.15, -0.1) is 11.3 Å². The predicted molar refractivity (Wildman–Crippen MR) is 106 cm³/mol. The van der Waals surface area contributed by atoms with E-state index in [2.05, 4.69) is 15.0 Å². The van der Waals surface area contributed by atoms with Gasteiger partial charge in [0.05, 0.1) is 21.1 Å². The maximum Gasteiger partial charge on any atom is 0.242 e. The fourth-order valence-corrected chi connectivity index (χ4v) is 3.88. The van der Waals surface area contributed by atoms with Crippen molar-refractivity contribution in [3.05, 3.63) is 69.0 Å². The van der Waals surface area contributed by atoms with Crippen molar-refractivity contribution in [3.8, 4) is 0 Å². The van der Waals surface area contributed by atoms with E-state index in [0.29, 0.717) is 11.4 Å². The molecule has 1 heterocycles. The zero-order valence-corrected chi connectivity index (χ0v) is 16.6. The summed E-state index contributed by atoms with van der Waals surface area (Å²) >= 11 is 8.62. The van der Waals surface area contributed by atoms with Crippen molar-refractivity contribution in [1.29, 1.82) is 0 Å². The molecular formula is C18H14ClF4N3S2. The number of hydrogen-bond acceptors (Lipinski definition) is 5. The molecule has 0 aliphatic heterocycles. The van der Waals surface area contributed by atoms with Crippen molar-refractivity contribution in [2.24, 2.45) is 0 Å². The van der Waals surface area contributed by atoms with Crippen LogP contribution in [0.2, 0.25) is 5.02 Å². The van der Waals surface area contributed by atoms with Crippen LogP contribution >= 0.6 is 34.9 Å². The normalized spacial score (nSPS) is 11.1. The van der Waals surface area contributed by atoms with Crippen LogP contribution in [0, 0.1) is 11.6 Å². The number of rotatable bonds is 8. The molecule has 0 bridgehead atoms. The number of thiazole rings is 1. The largest absolute Gasteiger partial charge is 0.380 e. The second kappa shape index (κ2) is 9.49. The third-order valence-electron chi connectivity index (χ3n) is 3.69. The molecule has 0 amide bonds. The van der Waals surface area contributed by atoms with Crippen LogP contribution in [-0.2, 0) is 13.0 Å². The first-order valence-electron chi connectivity index (χ1n) is 8.02. The molecule has 1 aromatic heterocycles. The van der Waals surface area contributed by atoms with Crippen LogP contribution in [0.15, 0.2) is 46.1 Å². The molecule has 0 radical (unpaired) electrons. The Bertz CT molecular complexity index is 939. The van der Waals surface area contributed by atoms with Gasteiger partial charge in [0, 0.05) is 23.9 Å². The number of benzene rings is 2. The van der Waals surface area contributed by atoms with E-state index in [1.165, 1.54) is 35.6 Å². The van der Waals surface area contributed by atoms with Gasteiger partial charge in [0.25, 0.3) is 0 Å². The minimum atomic E-state index is -2.52. The van der Waals surface area contributed by atoms with Crippen LogP contribution in [-0.4, -0.2) is 11.4 Å². The van der Waals surface area contributed by atoms with Crippen LogP contribution in [0.5, 0.6) is 0 Å². The maximum absolute atomic E-state index is 14.3. The smallest absolute Gasteiger partial charge is 0.242 e. The van der Waals surface area contributed by atoms with Gasteiger partial charge in [-0.05, 0) is 35.7 Å². The van der Waals surface area contributed by atoms with Crippen LogP contribution in [0.25, 0.3) is 0 Å². The van der Waals surface area contributed by atoms with E-state index in [4.69, 9.17) is 11.6 Å². The van der Waals surface area contributed by atoms with Crippen molar-refractivity contribution >= 4 is 46.4 Å². The zero-order valence-electron chi connectivity index (χ0n) is 14.2. The van der Waals surface area contributed by atoms with Crippen molar-refractivity contribution < 1.29 is 17.6 Å². The summed E-state index contributed by atoms with van der Waals surface area (Å²) in [6.45, 7) is -0.0222. The molecule has 0 aliphatic rings. The molecule has 10 heteroatoms. The van der Waals surface area contributed by atoms with E-state index in [1.807, 2.05) is 0 Å². The first-order valence-corrected chi connectivity index (χ1v) is 10.2. The maximum atomic E-state index is 14.3. The lowest BCUT2D eigenvalue weighted by Crippen LogP contribution is -2.05. The molecule has 0 fully saturated rings. The fourth-order valence-electron chi connectivity index (χ4n) is 2.37. The topological polar surface area (TPSA) is 37.0 Å². The highest BCUT2D eigenvalue weighted by Crippen LogP contribution is 2.32. The van der Waals surface area contributed by atoms with Gasteiger partial charge in [0.1, 0.15) is 17.5 Å². The van der Waals surface area contributed by atoms with Crippen LogP contribution in [0.1, 0.15) is 11.1 Å². The molecule has 0 unspecified atom stereocenters. The summed E-state index contributed by atoms with van der Waals surface area (Å²) in [5.74, 6) is -0.458. The highest BCUT2D eigenvalue weighted by molar-refractivity contribution is 8.00. The number of hydrogen-bond donors (Lipinski definition) is 2. The molecule has 0 atom stereocenters. The predicted octanol–water partition coefficient (Wildman–Crippen LogP) is 6.61. The Morgan fingerprint density at radius 3 is 2.68 bits per heavy atom. The SMILES string of the molecule is Fc1ccc(CC(F)F)cc1CNc1cc(F)c(SNc2cscn2)cc1Cl. The number of anilines is 2. The molecule has 2 N–H and O–H groups in total. The first-order chi connectivity index (χ1) is 13.4. The second-order valence-electron chi connectivity index (χ2n) is 5.71. The minimum absolute atomic E-state index is 0.0222. The third kappa shape index (κ3) is 5.52. The van der Waals surface area contributed by atoms with E-state index < -0.39 is 24.5 Å². The number of aromatic nitrogens is 1. The Hall–Kier alpha value is -1.97. The van der Waals surface area contributed by atoms with Gasteiger partial charge < -0.3 is 10.0 Å². The van der Waals surface area contributed by atoms with Gasteiger partial charge in [-0.2, -0.15) is 0 Å². The molecule has 3 nitrogen and oxygen atoms in total. The Balaban J connectivity index is 1.68. The summed E-state index contributed by atoms with van der Waals surface area (Å²) in [7, 11) is 0. The lowest BCUT2D eigenvalue weighted by Gasteiger charge is -2.12.